The lowest BCUT2D eigenvalue weighted by Gasteiger charge is -2.43. The highest BCUT2D eigenvalue weighted by molar-refractivity contribution is 8.18. The lowest BCUT2D eigenvalue weighted by Crippen LogP contribution is -2.60. The van der Waals surface area contributed by atoms with Gasteiger partial charge in [-0.15, -0.1) is 0 Å². The number of hydrogen-bond donors (Lipinski definition) is 0. The van der Waals surface area contributed by atoms with Crippen LogP contribution in [-0.2, 0) is 19.9 Å². The molecule has 4 aliphatic heterocycles. The topological polar surface area (TPSA) is 76.5 Å². The van der Waals surface area contributed by atoms with Gasteiger partial charge in [0, 0.05) is 48.3 Å². The van der Waals surface area contributed by atoms with Crippen molar-refractivity contribution in [3.63, 3.8) is 0 Å². The molecule has 0 radical (unpaired) electrons. The third-order valence-corrected chi connectivity index (χ3v) is 12.3. The van der Waals surface area contributed by atoms with Gasteiger partial charge in [0.25, 0.3) is 5.91 Å². The van der Waals surface area contributed by atoms with Crippen LogP contribution in [0.15, 0.2) is 64.1 Å². The van der Waals surface area contributed by atoms with E-state index in [0.717, 1.165) is 41.3 Å². The summed E-state index contributed by atoms with van der Waals surface area (Å²) in [5.74, 6) is -0.0254. The highest BCUT2D eigenvalue weighted by Crippen LogP contribution is 2.56. The molecule has 47 heavy (non-hydrogen) atoms. The number of nitrogens with zero attached hydrogens (tertiary/aromatic N) is 5. The Kier molecular flexibility index (Phi) is 8.20. The zero-order valence-electron chi connectivity index (χ0n) is 27.5. The highest BCUT2D eigenvalue weighted by Gasteiger charge is 2.56. The van der Waals surface area contributed by atoms with Crippen molar-refractivity contribution in [1.29, 1.82) is 0 Å². The fraction of sp³-hybridized carbons (Fsp3) is 0.500. The van der Waals surface area contributed by atoms with Gasteiger partial charge in [-0.2, -0.15) is 0 Å². The van der Waals surface area contributed by atoms with Crippen LogP contribution in [0.5, 0.6) is 0 Å². The summed E-state index contributed by atoms with van der Waals surface area (Å²) in [6, 6.07) is 14.9. The van der Waals surface area contributed by atoms with Gasteiger partial charge in [0.15, 0.2) is 5.17 Å². The third kappa shape index (κ3) is 5.37. The fourth-order valence-electron chi connectivity index (χ4n) is 8.19. The Morgan fingerprint density at radius 1 is 0.957 bits per heavy atom. The van der Waals surface area contributed by atoms with E-state index in [1.54, 1.807) is 6.92 Å². The number of piperazine rings is 1. The number of likely N-dealkylation sites (tertiary alicyclic amines) is 1. The number of hydrogen-bond acceptors (Lipinski definition) is 6. The Morgan fingerprint density at radius 3 is 2.19 bits per heavy atom. The lowest BCUT2D eigenvalue weighted by atomic mass is 9.81. The molecule has 3 fully saturated rings. The predicted molar refractivity (Wildman–Crippen MR) is 187 cm³/mol. The summed E-state index contributed by atoms with van der Waals surface area (Å²) in [4.78, 5) is 55.1. The minimum Gasteiger partial charge on any atom is -0.337 e. The number of carbonyl (C=O) groups excluding carboxylic acids is 3. The number of amidine groups is 1. The number of allylic oxidation sites excluding steroid dienone is 1. The first-order chi connectivity index (χ1) is 22.3. The molecule has 0 N–H and O–H groups in total. The molecule has 0 bridgehead atoms. The molecular weight excluding hydrogens is 653 g/mol. The van der Waals surface area contributed by atoms with Crippen LogP contribution in [0.2, 0.25) is 10.0 Å². The van der Waals surface area contributed by atoms with Gasteiger partial charge in [0.1, 0.15) is 16.5 Å². The first kappa shape index (κ1) is 32.5. The van der Waals surface area contributed by atoms with E-state index in [9.17, 15) is 14.4 Å². The van der Waals surface area contributed by atoms with Crippen molar-refractivity contribution in [2.24, 2.45) is 10.9 Å². The van der Waals surface area contributed by atoms with Crippen LogP contribution in [0.1, 0.15) is 77.5 Å². The van der Waals surface area contributed by atoms with Crippen molar-refractivity contribution in [3.05, 3.63) is 80.3 Å². The van der Waals surface area contributed by atoms with Gasteiger partial charge in [-0.1, -0.05) is 61.3 Å². The van der Waals surface area contributed by atoms with Crippen LogP contribution in [0, 0.1) is 5.92 Å². The number of halogens is 2. The van der Waals surface area contributed by atoms with Crippen molar-refractivity contribution in [3.8, 4) is 0 Å². The second kappa shape index (κ2) is 11.8. The van der Waals surface area contributed by atoms with Crippen molar-refractivity contribution in [2.75, 3.05) is 19.6 Å². The summed E-state index contributed by atoms with van der Waals surface area (Å²) >= 11 is 14.0. The van der Waals surface area contributed by atoms with Crippen LogP contribution < -0.4 is 0 Å². The SMILES string of the molecule is CC(=O)N1CCN(C(=O)[C@@H]2CC[C@@H](C)N2C(=O)C2=C(C(C)C)N3C(=N[C@@](C)(c4ccc(Cl)cc4)[C@H]3c3ccc(Cl)cc3)S2)CC12CC2. The predicted octanol–water partition coefficient (Wildman–Crippen LogP) is 6.84. The molecule has 0 aromatic heterocycles. The van der Waals surface area contributed by atoms with Gasteiger partial charge < -0.3 is 19.6 Å². The van der Waals surface area contributed by atoms with E-state index < -0.39 is 11.6 Å². The largest absolute Gasteiger partial charge is 0.337 e. The Bertz CT molecular complexity index is 1690. The number of rotatable bonds is 5. The Hall–Kier alpha value is -3.01. The molecule has 2 aromatic rings. The maximum absolute atomic E-state index is 14.7. The molecule has 2 saturated heterocycles. The monoisotopic (exact) mass is 693 g/mol. The smallest absolute Gasteiger partial charge is 0.263 e. The van der Waals surface area contributed by atoms with Gasteiger partial charge in [-0.3, -0.25) is 14.4 Å². The van der Waals surface area contributed by atoms with E-state index in [4.69, 9.17) is 28.2 Å². The van der Waals surface area contributed by atoms with Gasteiger partial charge in [0.2, 0.25) is 11.8 Å². The first-order valence-corrected chi connectivity index (χ1v) is 18.1. The normalized spacial score (nSPS) is 28.0. The fourth-order valence-corrected chi connectivity index (χ4v) is 9.79. The summed E-state index contributed by atoms with van der Waals surface area (Å²) in [7, 11) is 0. The lowest BCUT2D eigenvalue weighted by molar-refractivity contribution is -0.148. The number of amides is 3. The number of aliphatic imine (C=N–C) groups is 1. The molecule has 1 spiro atoms. The summed E-state index contributed by atoms with van der Waals surface area (Å²) in [5.41, 5.74) is 2.10. The number of thioether (sulfide) groups is 1. The summed E-state index contributed by atoms with van der Waals surface area (Å²) in [5, 5.41) is 2.09. The Balaban J connectivity index is 1.23. The minimum absolute atomic E-state index is 0.000865. The second-order valence-corrected chi connectivity index (χ2v) is 16.0. The minimum atomic E-state index is -0.657. The van der Waals surface area contributed by atoms with E-state index in [1.807, 2.05) is 70.2 Å². The van der Waals surface area contributed by atoms with Crippen molar-refractivity contribution in [2.45, 2.75) is 89.5 Å². The van der Waals surface area contributed by atoms with Gasteiger partial charge >= 0.3 is 0 Å². The number of fused-ring (bicyclic) bond motifs is 1. The van der Waals surface area contributed by atoms with Crippen molar-refractivity contribution in [1.82, 2.24) is 19.6 Å². The molecule has 11 heteroatoms. The summed E-state index contributed by atoms with van der Waals surface area (Å²) in [6.45, 7) is 11.6. The molecule has 8 nitrogen and oxygen atoms in total. The van der Waals surface area contributed by atoms with Crippen molar-refractivity contribution < 1.29 is 14.4 Å². The Labute approximate surface area is 291 Å². The van der Waals surface area contributed by atoms with E-state index >= 15 is 0 Å². The number of benzene rings is 2. The molecule has 4 heterocycles. The maximum Gasteiger partial charge on any atom is 0.263 e. The molecule has 1 saturated carbocycles. The van der Waals surface area contributed by atoms with Gasteiger partial charge in [0.05, 0.1) is 11.6 Å². The van der Waals surface area contributed by atoms with Crippen LogP contribution in [0.4, 0.5) is 0 Å². The molecule has 5 aliphatic rings. The zero-order chi connectivity index (χ0) is 33.4. The summed E-state index contributed by atoms with van der Waals surface area (Å²) in [6.07, 6.45) is 3.24. The second-order valence-electron chi connectivity index (χ2n) is 14.2. The van der Waals surface area contributed by atoms with E-state index in [2.05, 4.69) is 25.7 Å². The average molecular weight is 695 g/mol. The van der Waals surface area contributed by atoms with Gasteiger partial charge in [-0.05, 0) is 92.6 Å². The average Bonchev–Trinajstić information content (AvgIpc) is 3.37. The van der Waals surface area contributed by atoms with Crippen LogP contribution in [0.25, 0.3) is 0 Å². The molecule has 7 rings (SSSR count). The molecular formula is C36H41Cl2N5O3S. The van der Waals surface area contributed by atoms with Crippen LogP contribution in [-0.4, -0.2) is 79.7 Å². The van der Waals surface area contributed by atoms with E-state index in [0.29, 0.717) is 41.0 Å². The highest BCUT2D eigenvalue weighted by atomic mass is 35.5. The Morgan fingerprint density at radius 2 is 1.60 bits per heavy atom. The maximum atomic E-state index is 14.7. The van der Waals surface area contributed by atoms with E-state index in [1.165, 1.54) is 11.8 Å². The summed E-state index contributed by atoms with van der Waals surface area (Å²) < 4.78 is 0. The molecule has 3 amide bonds. The zero-order valence-corrected chi connectivity index (χ0v) is 29.8. The molecule has 4 atom stereocenters. The number of carbonyl (C=O) groups is 3. The molecule has 0 unspecified atom stereocenters. The molecule has 2 aromatic carbocycles. The quantitative estimate of drug-likeness (QED) is 0.343. The van der Waals surface area contributed by atoms with E-state index in [-0.39, 0.29) is 41.3 Å². The first-order valence-electron chi connectivity index (χ1n) is 16.6. The molecule has 1 aliphatic carbocycles. The third-order valence-electron chi connectivity index (χ3n) is 10.7. The van der Waals surface area contributed by atoms with Crippen LogP contribution in [0.3, 0.4) is 0 Å². The molecule has 248 valence electrons. The van der Waals surface area contributed by atoms with Crippen molar-refractivity contribution >= 4 is 57.9 Å². The van der Waals surface area contributed by atoms with Gasteiger partial charge in [-0.25, -0.2) is 4.99 Å². The van der Waals surface area contributed by atoms with Crippen LogP contribution >= 0.6 is 35.0 Å². The standard InChI is InChI=1S/C36H41Cl2N5O3S/c1-21(2)29-30(33(46)42-22(3)6-15-28(42)32(45)40-18-19-41(23(4)44)36(20-40)16-17-36)47-34-39-35(5,25-9-13-27(38)14-10-25)31(43(29)34)24-7-11-26(37)12-8-24/h7-14,21-22,28,31H,6,15-20H2,1-5H3/t22-,28+,31-,35+/m1/s1.